The predicted molar refractivity (Wildman–Crippen MR) is 63.8 cm³/mol. The first-order valence-corrected chi connectivity index (χ1v) is 5.41. The fourth-order valence-corrected chi connectivity index (χ4v) is 1.83. The summed E-state index contributed by atoms with van der Waals surface area (Å²) >= 11 is 5.82. The van der Waals surface area contributed by atoms with Crippen molar-refractivity contribution >= 4 is 11.6 Å². The maximum atomic E-state index is 13.5. The zero-order valence-electron chi connectivity index (χ0n) is 8.83. The summed E-state index contributed by atoms with van der Waals surface area (Å²) in [4.78, 5) is 0. The average molecular weight is 254 g/mol. The predicted octanol–water partition coefficient (Wildman–Crippen LogP) is 3.67. The van der Waals surface area contributed by atoms with Gasteiger partial charge in [0.25, 0.3) is 0 Å². The van der Waals surface area contributed by atoms with E-state index in [2.05, 4.69) is 0 Å². The molecule has 1 nitrogen and oxygen atoms in total. The maximum absolute atomic E-state index is 13.5. The van der Waals surface area contributed by atoms with Crippen LogP contribution >= 0.6 is 11.6 Å². The Balaban J connectivity index is 2.43. The first kappa shape index (κ1) is 12.0. The highest BCUT2D eigenvalue weighted by Crippen LogP contribution is 2.24. The Morgan fingerprint density at radius 1 is 1.06 bits per heavy atom. The number of benzene rings is 2. The van der Waals surface area contributed by atoms with Crippen LogP contribution in [-0.2, 0) is 0 Å². The second-order valence-electron chi connectivity index (χ2n) is 3.70. The van der Waals surface area contributed by atoms with Gasteiger partial charge in [0.2, 0.25) is 0 Å². The quantitative estimate of drug-likeness (QED) is 0.868. The Labute approximate surface area is 103 Å². The summed E-state index contributed by atoms with van der Waals surface area (Å²) in [6.07, 6.45) is 0. The minimum absolute atomic E-state index is 0.118. The molecule has 17 heavy (non-hydrogen) atoms. The van der Waals surface area contributed by atoms with Crippen molar-refractivity contribution in [2.45, 2.75) is 6.04 Å². The van der Waals surface area contributed by atoms with Crippen molar-refractivity contribution in [3.8, 4) is 0 Å². The third-order valence-corrected chi connectivity index (χ3v) is 2.74. The minimum atomic E-state index is -0.732. The van der Waals surface area contributed by atoms with Gasteiger partial charge in [-0.05, 0) is 35.9 Å². The van der Waals surface area contributed by atoms with E-state index in [0.717, 1.165) is 18.2 Å². The van der Waals surface area contributed by atoms with E-state index in [1.165, 1.54) is 0 Å². The van der Waals surface area contributed by atoms with Crippen molar-refractivity contribution < 1.29 is 8.78 Å². The first-order valence-electron chi connectivity index (χ1n) is 5.04. The summed E-state index contributed by atoms with van der Waals surface area (Å²) in [7, 11) is 0. The van der Waals surface area contributed by atoms with Crippen LogP contribution in [0.1, 0.15) is 17.2 Å². The van der Waals surface area contributed by atoms with Crippen molar-refractivity contribution in [3.05, 3.63) is 70.2 Å². The molecule has 0 saturated heterocycles. The lowest BCUT2D eigenvalue weighted by molar-refractivity contribution is 0.576. The Morgan fingerprint density at radius 3 is 2.53 bits per heavy atom. The summed E-state index contributed by atoms with van der Waals surface area (Å²) in [6, 6.07) is 9.26. The Hall–Kier alpha value is -1.45. The van der Waals surface area contributed by atoms with Gasteiger partial charge in [0.15, 0.2) is 0 Å². The fraction of sp³-hybridized carbons (Fsp3) is 0.0769. The molecule has 1 unspecified atom stereocenters. The number of nitrogens with two attached hydrogens (primary N) is 1. The highest BCUT2D eigenvalue weighted by atomic mass is 35.5. The highest BCUT2D eigenvalue weighted by molar-refractivity contribution is 6.30. The Morgan fingerprint density at radius 2 is 1.82 bits per heavy atom. The van der Waals surface area contributed by atoms with Gasteiger partial charge in [0.05, 0.1) is 6.04 Å². The van der Waals surface area contributed by atoms with Crippen molar-refractivity contribution in [2.75, 3.05) is 0 Å². The third kappa shape index (κ3) is 2.62. The lowest BCUT2D eigenvalue weighted by Gasteiger charge is -2.13. The average Bonchev–Trinajstić information content (AvgIpc) is 2.31. The van der Waals surface area contributed by atoms with E-state index in [0.29, 0.717) is 10.6 Å². The molecule has 4 heteroatoms. The van der Waals surface area contributed by atoms with E-state index < -0.39 is 17.7 Å². The number of hydrogen-bond donors (Lipinski definition) is 1. The number of halogens is 3. The summed E-state index contributed by atoms with van der Waals surface area (Å²) in [6.45, 7) is 0. The summed E-state index contributed by atoms with van der Waals surface area (Å²) in [5.74, 6) is -1.04. The molecule has 0 aromatic heterocycles. The zero-order chi connectivity index (χ0) is 12.4. The van der Waals surface area contributed by atoms with Crippen molar-refractivity contribution in [3.63, 3.8) is 0 Å². The van der Waals surface area contributed by atoms with Crippen LogP contribution in [0.5, 0.6) is 0 Å². The third-order valence-electron chi connectivity index (χ3n) is 2.50. The van der Waals surface area contributed by atoms with E-state index in [9.17, 15) is 8.78 Å². The summed E-state index contributed by atoms with van der Waals surface area (Å²) in [5.41, 5.74) is 6.65. The van der Waals surface area contributed by atoms with Crippen LogP contribution in [0.25, 0.3) is 0 Å². The molecule has 0 aliphatic heterocycles. The van der Waals surface area contributed by atoms with E-state index in [1.807, 2.05) is 0 Å². The van der Waals surface area contributed by atoms with Gasteiger partial charge in [-0.3, -0.25) is 0 Å². The molecule has 0 spiro atoms. The Bertz CT molecular complexity index is 543. The molecule has 0 aliphatic rings. The molecular formula is C13H10ClF2N. The molecule has 0 radical (unpaired) electrons. The molecule has 0 aliphatic carbocycles. The first-order chi connectivity index (χ1) is 8.08. The molecule has 0 fully saturated rings. The molecular weight excluding hydrogens is 244 g/mol. The van der Waals surface area contributed by atoms with Crippen molar-refractivity contribution in [1.82, 2.24) is 0 Å². The van der Waals surface area contributed by atoms with E-state index in [1.54, 1.807) is 24.3 Å². The lowest BCUT2D eigenvalue weighted by atomic mass is 9.99. The number of rotatable bonds is 2. The molecule has 1 atom stereocenters. The lowest BCUT2D eigenvalue weighted by Crippen LogP contribution is -2.13. The highest BCUT2D eigenvalue weighted by Gasteiger charge is 2.14. The molecule has 2 N–H and O–H groups in total. The normalized spacial score (nSPS) is 12.5. The minimum Gasteiger partial charge on any atom is -0.320 e. The van der Waals surface area contributed by atoms with Crippen molar-refractivity contribution in [2.24, 2.45) is 5.73 Å². The van der Waals surface area contributed by atoms with Crippen LogP contribution in [0.4, 0.5) is 8.78 Å². The van der Waals surface area contributed by atoms with E-state index >= 15 is 0 Å². The zero-order valence-corrected chi connectivity index (χ0v) is 9.59. The molecule has 2 aromatic rings. The van der Waals surface area contributed by atoms with Gasteiger partial charge in [-0.1, -0.05) is 23.7 Å². The smallest absolute Gasteiger partial charge is 0.128 e. The van der Waals surface area contributed by atoms with Crippen LogP contribution in [0.3, 0.4) is 0 Å². The molecule has 0 amide bonds. The SMILES string of the molecule is NC(c1cccc(Cl)c1)c1cc(F)ccc1F. The monoisotopic (exact) mass is 253 g/mol. The van der Waals surface area contributed by atoms with Crippen LogP contribution in [0.15, 0.2) is 42.5 Å². The van der Waals surface area contributed by atoms with Crippen molar-refractivity contribution in [1.29, 1.82) is 0 Å². The van der Waals surface area contributed by atoms with Crippen LogP contribution < -0.4 is 5.73 Å². The fourth-order valence-electron chi connectivity index (χ4n) is 1.63. The largest absolute Gasteiger partial charge is 0.320 e. The van der Waals surface area contributed by atoms with Gasteiger partial charge in [0.1, 0.15) is 11.6 Å². The molecule has 2 aromatic carbocycles. The van der Waals surface area contributed by atoms with Gasteiger partial charge < -0.3 is 5.73 Å². The molecule has 88 valence electrons. The second-order valence-corrected chi connectivity index (χ2v) is 4.13. The van der Waals surface area contributed by atoms with Gasteiger partial charge >= 0.3 is 0 Å². The topological polar surface area (TPSA) is 26.0 Å². The molecule has 0 saturated carbocycles. The van der Waals surface area contributed by atoms with E-state index in [-0.39, 0.29) is 5.56 Å². The van der Waals surface area contributed by atoms with Crippen LogP contribution in [0.2, 0.25) is 5.02 Å². The number of hydrogen-bond acceptors (Lipinski definition) is 1. The maximum Gasteiger partial charge on any atom is 0.128 e. The van der Waals surface area contributed by atoms with Gasteiger partial charge in [-0.2, -0.15) is 0 Å². The van der Waals surface area contributed by atoms with Gasteiger partial charge in [-0.25, -0.2) is 8.78 Å². The molecule has 0 bridgehead atoms. The summed E-state index contributed by atoms with van der Waals surface area (Å²) in [5, 5.41) is 0.509. The Kier molecular flexibility index (Phi) is 3.41. The van der Waals surface area contributed by atoms with Gasteiger partial charge in [0, 0.05) is 10.6 Å². The molecule has 0 heterocycles. The molecule has 2 rings (SSSR count). The summed E-state index contributed by atoms with van der Waals surface area (Å²) < 4.78 is 26.6. The van der Waals surface area contributed by atoms with Crippen LogP contribution in [-0.4, -0.2) is 0 Å². The van der Waals surface area contributed by atoms with E-state index in [4.69, 9.17) is 17.3 Å². The van der Waals surface area contributed by atoms with Crippen LogP contribution in [0, 0.1) is 11.6 Å². The standard InChI is InChI=1S/C13H10ClF2N/c14-9-3-1-2-8(6-9)13(17)11-7-10(15)4-5-12(11)16/h1-7,13H,17H2. The van der Waals surface area contributed by atoms with Gasteiger partial charge in [-0.15, -0.1) is 0 Å². The second kappa shape index (κ2) is 4.82.